The molecule has 0 N–H and O–H groups in total. The van der Waals surface area contributed by atoms with Gasteiger partial charge in [0, 0.05) is 22.7 Å². The van der Waals surface area contributed by atoms with Gasteiger partial charge in [0.15, 0.2) is 0 Å². The van der Waals surface area contributed by atoms with Crippen molar-refractivity contribution in [3.05, 3.63) is 41.6 Å². The minimum atomic E-state index is 0.537. The van der Waals surface area contributed by atoms with Gasteiger partial charge in [0.25, 0.3) is 0 Å². The molecule has 3 heteroatoms. The van der Waals surface area contributed by atoms with Crippen molar-refractivity contribution in [3.63, 3.8) is 0 Å². The summed E-state index contributed by atoms with van der Waals surface area (Å²) in [6.45, 7) is 2.50. The molecule has 0 unspecified atom stereocenters. The van der Waals surface area contributed by atoms with Crippen LogP contribution in [0, 0.1) is 0 Å². The molecule has 0 atom stereocenters. The molecule has 1 aliphatic heterocycles. The van der Waals surface area contributed by atoms with Crippen molar-refractivity contribution < 1.29 is 4.84 Å². The Bertz CT molecular complexity index is 561. The Labute approximate surface area is 87.4 Å². The number of oxime groups is 1. The minimum Gasteiger partial charge on any atom is -0.391 e. The Hall–Kier alpha value is -1.90. The van der Waals surface area contributed by atoms with Crippen LogP contribution in [0.2, 0.25) is 0 Å². The fraction of sp³-hybridized carbons (Fsp3) is 0.167. The van der Waals surface area contributed by atoms with E-state index in [2.05, 4.69) is 22.3 Å². The zero-order chi connectivity index (χ0) is 10.3. The summed E-state index contributed by atoms with van der Waals surface area (Å²) in [5.74, 6) is 0. The molecule has 0 spiro atoms. The van der Waals surface area contributed by atoms with Gasteiger partial charge in [-0.1, -0.05) is 17.3 Å². The van der Waals surface area contributed by atoms with Gasteiger partial charge in [0.2, 0.25) is 0 Å². The van der Waals surface area contributed by atoms with E-state index in [9.17, 15) is 0 Å². The molecule has 0 amide bonds. The van der Waals surface area contributed by atoms with Gasteiger partial charge in [-0.25, -0.2) is 0 Å². The number of fused-ring (bicyclic) bond motifs is 3. The Morgan fingerprint density at radius 3 is 3.13 bits per heavy atom. The van der Waals surface area contributed by atoms with E-state index in [1.165, 1.54) is 11.1 Å². The maximum atomic E-state index is 5.18. The lowest BCUT2D eigenvalue weighted by Gasteiger charge is -2.15. The van der Waals surface area contributed by atoms with Crippen LogP contribution in [-0.2, 0) is 11.4 Å². The van der Waals surface area contributed by atoms with Crippen molar-refractivity contribution in [1.82, 2.24) is 4.98 Å². The summed E-state index contributed by atoms with van der Waals surface area (Å²) in [6.07, 6.45) is 1.80. The van der Waals surface area contributed by atoms with E-state index < -0.39 is 0 Å². The van der Waals surface area contributed by atoms with Crippen LogP contribution < -0.4 is 0 Å². The van der Waals surface area contributed by atoms with Gasteiger partial charge in [-0.3, -0.25) is 4.98 Å². The van der Waals surface area contributed by atoms with Gasteiger partial charge in [0.05, 0.1) is 11.2 Å². The zero-order valence-corrected chi connectivity index (χ0v) is 8.40. The molecular weight excluding hydrogens is 188 g/mol. The largest absolute Gasteiger partial charge is 0.391 e. The van der Waals surface area contributed by atoms with Crippen LogP contribution in [-0.4, -0.2) is 10.7 Å². The lowest BCUT2D eigenvalue weighted by atomic mass is 9.99. The van der Waals surface area contributed by atoms with E-state index >= 15 is 0 Å². The molecule has 15 heavy (non-hydrogen) atoms. The van der Waals surface area contributed by atoms with Gasteiger partial charge in [-0.15, -0.1) is 0 Å². The SMILES string of the molecule is CC1=NOCc2c1ccc1ncccc21. The minimum absolute atomic E-state index is 0.537. The molecular formula is C12H10N2O. The van der Waals surface area contributed by atoms with Crippen molar-refractivity contribution >= 4 is 16.6 Å². The summed E-state index contributed by atoms with van der Waals surface area (Å²) in [4.78, 5) is 9.50. The lowest BCUT2D eigenvalue weighted by molar-refractivity contribution is 0.127. The number of pyridine rings is 1. The van der Waals surface area contributed by atoms with E-state index in [1.807, 2.05) is 19.1 Å². The molecule has 0 saturated heterocycles. The fourth-order valence-corrected chi connectivity index (χ4v) is 1.95. The van der Waals surface area contributed by atoms with Crippen molar-refractivity contribution in [3.8, 4) is 0 Å². The first-order valence-corrected chi connectivity index (χ1v) is 4.90. The Balaban J connectivity index is 2.39. The third-order valence-corrected chi connectivity index (χ3v) is 2.70. The Morgan fingerprint density at radius 2 is 2.20 bits per heavy atom. The summed E-state index contributed by atoms with van der Waals surface area (Å²) < 4.78 is 0. The lowest BCUT2D eigenvalue weighted by Crippen LogP contribution is -2.08. The second-order valence-electron chi connectivity index (χ2n) is 3.61. The summed E-state index contributed by atoms with van der Waals surface area (Å²) in [5.41, 5.74) is 4.30. The van der Waals surface area contributed by atoms with E-state index in [-0.39, 0.29) is 0 Å². The first-order valence-electron chi connectivity index (χ1n) is 4.90. The van der Waals surface area contributed by atoms with Crippen LogP contribution in [0.3, 0.4) is 0 Å². The second kappa shape index (κ2) is 3.05. The van der Waals surface area contributed by atoms with Gasteiger partial charge in [0.1, 0.15) is 6.61 Å². The van der Waals surface area contributed by atoms with Crippen LogP contribution in [0.15, 0.2) is 35.6 Å². The molecule has 74 valence electrons. The summed E-state index contributed by atoms with van der Waals surface area (Å²) >= 11 is 0. The molecule has 1 aromatic heterocycles. The highest BCUT2D eigenvalue weighted by Crippen LogP contribution is 2.25. The zero-order valence-electron chi connectivity index (χ0n) is 8.40. The molecule has 0 aliphatic carbocycles. The number of rotatable bonds is 0. The second-order valence-corrected chi connectivity index (χ2v) is 3.61. The molecule has 3 rings (SSSR count). The summed E-state index contributed by atoms with van der Waals surface area (Å²) in [7, 11) is 0. The van der Waals surface area contributed by atoms with E-state index in [0.717, 1.165) is 16.6 Å². The van der Waals surface area contributed by atoms with Crippen molar-refractivity contribution in [2.45, 2.75) is 13.5 Å². The Morgan fingerprint density at radius 1 is 1.27 bits per heavy atom. The maximum Gasteiger partial charge on any atom is 0.143 e. The van der Waals surface area contributed by atoms with Gasteiger partial charge >= 0.3 is 0 Å². The third-order valence-electron chi connectivity index (χ3n) is 2.70. The quantitative estimate of drug-likeness (QED) is 0.651. The molecule has 1 aromatic carbocycles. The number of aromatic nitrogens is 1. The van der Waals surface area contributed by atoms with Crippen LogP contribution in [0.5, 0.6) is 0 Å². The smallest absolute Gasteiger partial charge is 0.143 e. The first-order chi connectivity index (χ1) is 7.36. The number of nitrogens with zero attached hydrogens (tertiary/aromatic N) is 2. The topological polar surface area (TPSA) is 34.5 Å². The third kappa shape index (κ3) is 1.20. The summed E-state index contributed by atoms with van der Waals surface area (Å²) in [6, 6.07) is 8.11. The van der Waals surface area contributed by atoms with Crippen molar-refractivity contribution in [1.29, 1.82) is 0 Å². The molecule has 1 aliphatic rings. The fourth-order valence-electron chi connectivity index (χ4n) is 1.95. The molecule has 0 radical (unpaired) electrons. The predicted octanol–water partition coefficient (Wildman–Crippen LogP) is 2.49. The van der Waals surface area contributed by atoms with E-state index in [1.54, 1.807) is 6.20 Å². The highest BCUT2D eigenvalue weighted by atomic mass is 16.6. The number of hydrogen-bond acceptors (Lipinski definition) is 3. The normalized spacial score (nSPS) is 14.3. The summed E-state index contributed by atoms with van der Waals surface area (Å²) in [5, 5.41) is 5.13. The van der Waals surface area contributed by atoms with Gasteiger partial charge < -0.3 is 4.84 Å². The average molecular weight is 198 g/mol. The molecule has 0 fully saturated rings. The predicted molar refractivity (Wildman–Crippen MR) is 58.7 cm³/mol. The standard InChI is InChI=1S/C12H10N2O/c1-8-9-4-5-12-10(3-2-6-13-12)11(9)7-15-14-8/h2-6H,7H2,1H3. The van der Waals surface area contributed by atoms with Crippen LogP contribution in [0.1, 0.15) is 18.1 Å². The van der Waals surface area contributed by atoms with E-state index in [0.29, 0.717) is 6.61 Å². The van der Waals surface area contributed by atoms with Crippen LogP contribution in [0.4, 0.5) is 0 Å². The van der Waals surface area contributed by atoms with Crippen LogP contribution in [0.25, 0.3) is 10.9 Å². The van der Waals surface area contributed by atoms with E-state index in [4.69, 9.17) is 4.84 Å². The van der Waals surface area contributed by atoms with Gasteiger partial charge in [-0.05, 0) is 19.1 Å². The molecule has 3 nitrogen and oxygen atoms in total. The first kappa shape index (κ1) is 8.41. The maximum absolute atomic E-state index is 5.18. The van der Waals surface area contributed by atoms with Gasteiger partial charge in [-0.2, -0.15) is 0 Å². The Kier molecular flexibility index (Phi) is 1.71. The monoisotopic (exact) mass is 198 g/mol. The number of benzene rings is 1. The molecule has 2 aromatic rings. The molecule has 2 heterocycles. The number of hydrogen-bond donors (Lipinski definition) is 0. The van der Waals surface area contributed by atoms with Crippen molar-refractivity contribution in [2.24, 2.45) is 5.16 Å². The molecule has 0 bridgehead atoms. The van der Waals surface area contributed by atoms with Crippen LogP contribution >= 0.6 is 0 Å². The highest BCUT2D eigenvalue weighted by molar-refractivity contribution is 6.04. The highest BCUT2D eigenvalue weighted by Gasteiger charge is 2.14. The average Bonchev–Trinajstić information content (AvgIpc) is 2.29. The molecule has 0 saturated carbocycles. The van der Waals surface area contributed by atoms with Crippen molar-refractivity contribution in [2.75, 3.05) is 0 Å².